The Morgan fingerprint density at radius 3 is 2.14 bits per heavy atom. The van der Waals surface area contributed by atoms with Crippen molar-refractivity contribution in [3.63, 3.8) is 0 Å². The molecule has 0 heterocycles. The highest BCUT2D eigenvalue weighted by Crippen LogP contribution is 2.35. The van der Waals surface area contributed by atoms with Gasteiger partial charge in [-0.25, -0.2) is 0 Å². The summed E-state index contributed by atoms with van der Waals surface area (Å²) < 4.78 is 51.1. The van der Waals surface area contributed by atoms with Gasteiger partial charge in [-0.05, 0) is 82.3 Å². The second-order valence-corrected chi connectivity index (χ2v) is 13.3. The monoisotopic (exact) mass is 718 g/mol. The van der Waals surface area contributed by atoms with Crippen molar-refractivity contribution in [1.29, 1.82) is 0 Å². The number of nitrogens with zero attached hydrogens (tertiary/aromatic N) is 1. The molecule has 0 unspecified atom stereocenters. The Kier molecular flexibility index (Phi) is 12.2. The first-order valence-electron chi connectivity index (χ1n) is 14.4. The number of rotatable bonds is 14. The summed E-state index contributed by atoms with van der Waals surface area (Å²) >= 11 is 3.50. The lowest BCUT2D eigenvalue weighted by Crippen LogP contribution is -2.31. The fraction of sp³-hybridized carbons (Fsp3) is 0.314. The van der Waals surface area contributed by atoms with Crippen molar-refractivity contribution in [2.45, 2.75) is 51.1 Å². The van der Waals surface area contributed by atoms with Crippen LogP contribution in [0.2, 0.25) is 0 Å². The quantitative estimate of drug-likeness (QED) is 0.0797. The fourth-order valence-electron chi connectivity index (χ4n) is 4.90. The second kappa shape index (κ2) is 15.9. The van der Waals surface area contributed by atoms with Gasteiger partial charge in [0.2, 0.25) is 0 Å². The van der Waals surface area contributed by atoms with Crippen LogP contribution in [0.1, 0.15) is 54.0 Å². The highest BCUT2D eigenvalue weighted by molar-refractivity contribution is 14.1. The third-order valence-corrected chi connectivity index (χ3v) is 9.20. The smallest absolute Gasteiger partial charge is 0.417 e. The van der Waals surface area contributed by atoms with Gasteiger partial charge in [-0.1, -0.05) is 92.7 Å². The van der Waals surface area contributed by atoms with Gasteiger partial charge in [0.15, 0.2) is 0 Å². The van der Waals surface area contributed by atoms with Gasteiger partial charge in [-0.15, -0.1) is 0 Å². The van der Waals surface area contributed by atoms with Crippen molar-refractivity contribution < 1.29 is 17.9 Å². The first-order valence-corrected chi connectivity index (χ1v) is 16.4. The number of anilines is 1. The highest BCUT2D eigenvalue weighted by atomic mass is 127. The lowest BCUT2D eigenvalue weighted by molar-refractivity contribution is -0.138. The topological polar surface area (TPSA) is 24.5 Å². The van der Waals surface area contributed by atoms with Crippen LogP contribution >= 0.6 is 34.5 Å². The molecule has 0 saturated heterocycles. The lowest BCUT2D eigenvalue weighted by Gasteiger charge is -2.29. The van der Waals surface area contributed by atoms with Gasteiger partial charge < -0.3 is 9.46 Å². The number of nitrogens with one attached hydrogen (secondary N) is 1. The summed E-state index contributed by atoms with van der Waals surface area (Å²) in [5.74, 6) is 0.898. The number of alkyl halides is 3. The van der Waals surface area contributed by atoms with Gasteiger partial charge in [0.05, 0.1) is 12.2 Å². The molecule has 0 aliphatic heterocycles. The first-order chi connectivity index (χ1) is 20.6. The molecule has 228 valence electrons. The molecule has 3 nitrogen and oxygen atoms in total. The molecular weight excluding hydrogens is 680 g/mol. The maximum atomic E-state index is 13.7. The van der Waals surface area contributed by atoms with E-state index in [2.05, 4.69) is 47.7 Å². The van der Waals surface area contributed by atoms with Crippen LogP contribution in [-0.4, -0.2) is 29.8 Å². The van der Waals surface area contributed by atoms with Crippen molar-refractivity contribution in [2.24, 2.45) is 0 Å². The van der Waals surface area contributed by atoms with Crippen LogP contribution < -0.4 is 9.46 Å². The summed E-state index contributed by atoms with van der Waals surface area (Å²) in [6.45, 7) is 8.53. The number of halogens is 4. The SMILES string of the molecule is Cc1ccc(NSC(C)C)cc1OCCCN(Cc1cccc(C(F)(F)F)c1I)CC(c1ccccc1)c1ccccc1. The van der Waals surface area contributed by atoms with Gasteiger partial charge in [-0.2, -0.15) is 13.2 Å². The van der Waals surface area contributed by atoms with E-state index in [1.54, 1.807) is 18.0 Å². The van der Waals surface area contributed by atoms with Gasteiger partial charge in [0.25, 0.3) is 0 Å². The molecule has 1 N–H and O–H groups in total. The van der Waals surface area contributed by atoms with E-state index in [0.717, 1.165) is 29.5 Å². The molecular formula is C35H38F3IN2OS. The zero-order chi connectivity index (χ0) is 30.8. The molecule has 0 aliphatic rings. The van der Waals surface area contributed by atoms with E-state index in [4.69, 9.17) is 4.74 Å². The molecule has 0 saturated carbocycles. The van der Waals surface area contributed by atoms with Gasteiger partial charge in [-0.3, -0.25) is 4.90 Å². The van der Waals surface area contributed by atoms with Crippen molar-refractivity contribution >= 4 is 40.2 Å². The molecule has 4 aromatic carbocycles. The number of hydrogen-bond acceptors (Lipinski definition) is 4. The maximum Gasteiger partial charge on any atom is 0.417 e. The van der Waals surface area contributed by atoms with Crippen LogP contribution in [0, 0.1) is 10.5 Å². The molecule has 8 heteroatoms. The van der Waals surface area contributed by atoms with Crippen molar-refractivity contribution in [2.75, 3.05) is 24.4 Å². The summed E-state index contributed by atoms with van der Waals surface area (Å²) in [7, 11) is 0. The van der Waals surface area contributed by atoms with E-state index in [0.29, 0.717) is 37.1 Å². The average molecular weight is 719 g/mol. The number of benzene rings is 4. The van der Waals surface area contributed by atoms with E-state index < -0.39 is 11.7 Å². The zero-order valence-electron chi connectivity index (χ0n) is 24.7. The minimum atomic E-state index is -4.39. The average Bonchev–Trinajstić information content (AvgIpc) is 2.99. The Morgan fingerprint density at radius 1 is 0.884 bits per heavy atom. The van der Waals surface area contributed by atoms with Crippen LogP contribution in [-0.2, 0) is 12.7 Å². The number of hydrogen-bond donors (Lipinski definition) is 1. The van der Waals surface area contributed by atoms with Crippen LogP contribution in [0.25, 0.3) is 0 Å². The molecule has 0 fully saturated rings. The van der Waals surface area contributed by atoms with Crippen LogP contribution in [0.5, 0.6) is 5.75 Å². The predicted octanol–water partition coefficient (Wildman–Crippen LogP) is 10.2. The Labute approximate surface area is 271 Å². The van der Waals surface area contributed by atoms with Crippen molar-refractivity contribution in [3.8, 4) is 5.75 Å². The van der Waals surface area contributed by atoms with Gasteiger partial charge in [0, 0.05) is 46.1 Å². The predicted molar refractivity (Wildman–Crippen MR) is 182 cm³/mol. The second-order valence-electron chi connectivity index (χ2n) is 10.8. The largest absolute Gasteiger partial charge is 0.493 e. The summed E-state index contributed by atoms with van der Waals surface area (Å²) in [6, 6.07) is 31.2. The molecule has 0 amide bonds. The third-order valence-electron chi connectivity index (χ3n) is 7.10. The molecule has 43 heavy (non-hydrogen) atoms. The van der Waals surface area contributed by atoms with Crippen LogP contribution in [0.4, 0.5) is 18.9 Å². The summed E-state index contributed by atoms with van der Waals surface area (Å²) in [4.78, 5) is 2.26. The normalized spacial score (nSPS) is 11.9. The van der Waals surface area contributed by atoms with E-state index >= 15 is 0 Å². The van der Waals surface area contributed by atoms with Crippen LogP contribution in [0.15, 0.2) is 97.1 Å². The Morgan fingerprint density at radius 2 is 1.53 bits per heavy atom. The van der Waals surface area contributed by atoms with Gasteiger partial charge >= 0.3 is 6.18 Å². The number of ether oxygens (including phenoxy) is 1. The van der Waals surface area contributed by atoms with Crippen molar-refractivity contribution in [3.05, 3.63) is 128 Å². The van der Waals surface area contributed by atoms with Crippen LogP contribution in [0.3, 0.4) is 0 Å². The lowest BCUT2D eigenvalue weighted by atomic mass is 9.90. The van der Waals surface area contributed by atoms with Gasteiger partial charge in [0.1, 0.15) is 5.75 Å². The zero-order valence-corrected chi connectivity index (χ0v) is 27.7. The standard InChI is InChI=1S/C35H38F3IN2OS/c1-25(2)43-40-30-19-18-26(3)33(22-30)42-21-11-20-41(23-29-16-10-17-32(34(29)39)35(36,37)38)24-31(27-12-6-4-7-13-27)28-14-8-5-9-15-28/h4-10,12-19,22,25,31,40H,11,20-21,23-24H2,1-3H3. The minimum absolute atomic E-state index is 0.0650. The highest BCUT2D eigenvalue weighted by Gasteiger charge is 2.33. The molecule has 0 bridgehead atoms. The Hall–Kier alpha value is -2.69. The molecule has 0 radical (unpaired) electrons. The summed E-state index contributed by atoms with van der Waals surface area (Å²) in [5, 5.41) is 0.451. The maximum absolute atomic E-state index is 13.7. The van der Waals surface area contributed by atoms with E-state index in [9.17, 15) is 13.2 Å². The van der Waals surface area contributed by atoms with E-state index in [1.807, 2.05) is 84.1 Å². The number of aryl methyl sites for hydroxylation is 1. The van der Waals surface area contributed by atoms with E-state index in [-0.39, 0.29) is 9.49 Å². The molecule has 0 aromatic heterocycles. The molecule has 4 aromatic rings. The molecule has 4 rings (SSSR count). The fourth-order valence-corrected chi connectivity index (χ4v) is 6.24. The van der Waals surface area contributed by atoms with Crippen molar-refractivity contribution in [1.82, 2.24) is 4.90 Å². The Bertz CT molecular complexity index is 1390. The molecule has 0 aliphatic carbocycles. The molecule has 0 spiro atoms. The van der Waals surface area contributed by atoms with E-state index in [1.165, 1.54) is 17.2 Å². The minimum Gasteiger partial charge on any atom is -0.493 e. The summed E-state index contributed by atoms with van der Waals surface area (Å²) in [5.41, 5.74) is 4.49. The third kappa shape index (κ3) is 9.91. The summed E-state index contributed by atoms with van der Waals surface area (Å²) in [6.07, 6.45) is -3.67. The Balaban J connectivity index is 1.54. The molecule has 0 atom stereocenters. The first kappa shape index (κ1) is 33.2.